The van der Waals surface area contributed by atoms with Crippen molar-refractivity contribution >= 4 is 12.4 Å². The smallest absolute Gasteiger partial charge is 0.0238 e. The van der Waals surface area contributed by atoms with Gasteiger partial charge in [-0.1, -0.05) is 29.8 Å². The van der Waals surface area contributed by atoms with Crippen molar-refractivity contribution in [3.63, 3.8) is 0 Å². The Morgan fingerprint density at radius 1 is 1.33 bits per heavy atom. The van der Waals surface area contributed by atoms with Crippen LogP contribution >= 0.6 is 12.4 Å². The largest absolute Gasteiger partial charge is 0.147 e. The van der Waals surface area contributed by atoms with Crippen LogP contribution in [0.1, 0.15) is 11.1 Å². The molecule has 0 spiro atoms. The Hall–Kier alpha value is -0.490. The predicted octanol–water partition coefficient (Wildman–Crippen LogP) is 2.60. The Balaban J connectivity index is 0.000000640. The highest BCUT2D eigenvalue weighted by atomic mass is 35.5. The molecule has 0 nitrogen and oxygen atoms in total. The van der Waals surface area contributed by atoms with E-state index in [4.69, 9.17) is 0 Å². The monoisotopic (exact) mass is 141 g/mol. The van der Waals surface area contributed by atoms with Crippen LogP contribution < -0.4 is 0 Å². The van der Waals surface area contributed by atoms with Gasteiger partial charge in [0.2, 0.25) is 0 Å². The van der Waals surface area contributed by atoms with E-state index < -0.39 is 0 Å². The summed E-state index contributed by atoms with van der Waals surface area (Å²) < 4.78 is 0. The molecule has 0 bridgehead atoms. The summed E-state index contributed by atoms with van der Waals surface area (Å²) in [7, 11) is 0. The first-order valence-electron chi connectivity index (χ1n) is 2.67. The topological polar surface area (TPSA) is 0 Å². The predicted molar refractivity (Wildman–Crippen MR) is 42.9 cm³/mol. The highest BCUT2D eigenvalue weighted by Gasteiger charge is 1.80. The Labute approximate surface area is 62.3 Å². The number of benzene rings is 1. The normalized spacial score (nSPS) is 8.22. The molecule has 1 rings (SSSR count). The lowest BCUT2D eigenvalue weighted by molar-refractivity contribution is 1.44. The molecule has 1 heteroatoms. The maximum atomic E-state index is 3.78. The standard InChI is InChI=1S/C8H9.ClH/c1-7-4-3-5-8(2)6-7;/h3-6H,1H2,2H3;1H. The molecule has 0 aromatic heterocycles. The maximum Gasteiger partial charge on any atom is -0.0238 e. The van der Waals surface area contributed by atoms with Crippen LogP contribution in [0.25, 0.3) is 0 Å². The van der Waals surface area contributed by atoms with E-state index in [1.807, 2.05) is 12.1 Å². The molecular formula is C8H10Cl. The molecule has 1 aromatic carbocycles. The van der Waals surface area contributed by atoms with Crippen LogP contribution in [0.2, 0.25) is 0 Å². The third-order valence-corrected chi connectivity index (χ3v) is 1.08. The number of aryl methyl sites for hydroxylation is 1. The fourth-order valence-corrected chi connectivity index (χ4v) is 0.712. The van der Waals surface area contributed by atoms with Crippen molar-refractivity contribution in [2.24, 2.45) is 0 Å². The zero-order chi connectivity index (χ0) is 5.98. The zero-order valence-electron chi connectivity index (χ0n) is 5.42. The van der Waals surface area contributed by atoms with Crippen LogP contribution in [0, 0.1) is 13.8 Å². The van der Waals surface area contributed by atoms with Crippen molar-refractivity contribution in [3.8, 4) is 0 Å². The summed E-state index contributed by atoms with van der Waals surface area (Å²) in [5, 5.41) is 0. The fraction of sp³-hybridized carbons (Fsp3) is 0.125. The first-order valence-corrected chi connectivity index (χ1v) is 2.67. The van der Waals surface area contributed by atoms with Gasteiger partial charge in [0.15, 0.2) is 0 Å². The van der Waals surface area contributed by atoms with Crippen molar-refractivity contribution in [2.45, 2.75) is 6.92 Å². The second-order valence-corrected chi connectivity index (χ2v) is 1.99. The lowest BCUT2D eigenvalue weighted by atomic mass is 10.2. The van der Waals surface area contributed by atoms with Gasteiger partial charge in [-0.05, 0) is 19.4 Å². The van der Waals surface area contributed by atoms with E-state index in [2.05, 4.69) is 26.0 Å². The van der Waals surface area contributed by atoms with E-state index in [0.717, 1.165) is 5.56 Å². The lowest BCUT2D eigenvalue weighted by Gasteiger charge is -1.90. The second-order valence-electron chi connectivity index (χ2n) is 1.99. The van der Waals surface area contributed by atoms with Gasteiger partial charge in [-0.15, -0.1) is 12.4 Å². The zero-order valence-corrected chi connectivity index (χ0v) is 6.24. The molecule has 0 saturated carbocycles. The Bertz CT molecular complexity index is 164. The molecule has 0 amide bonds. The third-order valence-electron chi connectivity index (χ3n) is 1.08. The molecule has 9 heavy (non-hydrogen) atoms. The van der Waals surface area contributed by atoms with E-state index in [1.165, 1.54) is 5.56 Å². The van der Waals surface area contributed by atoms with Crippen LogP contribution in [0.4, 0.5) is 0 Å². The Morgan fingerprint density at radius 3 is 2.33 bits per heavy atom. The van der Waals surface area contributed by atoms with Gasteiger partial charge < -0.3 is 0 Å². The minimum atomic E-state index is 0. The van der Waals surface area contributed by atoms with Gasteiger partial charge in [0.25, 0.3) is 0 Å². The molecule has 0 atom stereocenters. The Kier molecular flexibility index (Phi) is 3.33. The summed E-state index contributed by atoms with van der Waals surface area (Å²) in [6.07, 6.45) is 0. The molecule has 0 heterocycles. The van der Waals surface area contributed by atoms with Gasteiger partial charge in [-0.3, -0.25) is 0 Å². The van der Waals surface area contributed by atoms with E-state index >= 15 is 0 Å². The quantitative estimate of drug-likeness (QED) is 0.521. The van der Waals surface area contributed by atoms with Gasteiger partial charge in [0.1, 0.15) is 0 Å². The molecule has 0 aliphatic rings. The molecule has 0 N–H and O–H groups in total. The van der Waals surface area contributed by atoms with Crippen molar-refractivity contribution in [2.75, 3.05) is 0 Å². The summed E-state index contributed by atoms with van der Waals surface area (Å²) >= 11 is 0. The molecule has 0 aliphatic carbocycles. The number of hydrogen-bond acceptors (Lipinski definition) is 0. The summed E-state index contributed by atoms with van der Waals surface area (Å²) in [4.78, 5) is 0. The van der Waals surface area contributed by atoms with E-state index in [1.54, 1.807) is 0 Å². The van der Waals surface area contributed by atoms with Gasteiger partial charge in [-0.2, -0.15) is 0 Å². The molecule has 49 valence electrons. The average molecular weight is 142 g/mol. The van der Waals surface area contributed by atoms with Crippen molar-refractivity contribution in [3.05, 3.63) is 42.3 Å². The third kappa shape index (κ3) is 2.52. The van der Waals surface area contributed by atoms with Crippen molar-refractivity contribution in [1.82, 2.24) is 0 Å². The van der Waals surface area contributed by atoms with Crippen molar-refractivity contribution < 1.29 is 0 Å². The summed E-state index contributed by atoms with van der Waals surface area (Å²) in [6, 6.07) is 8.12. The minimum absolute atomic E-state index is 0. The summed E-state index contributed by atoms with van der Waals surface area (Å²) in [5.41, 5.74) is 2.36. The molecule has 0 aliphatic heterocycles. The van der Waals surface area contributed by atoms with Crippen LogP contribution in [0.15, 0.2) is 24.3 Å². The highest BCUT2D eigenvalue weighted by Crippen LogP contribution is 2.00. The minimum Gasteiger partial charge on any atom is -0.147 e. The van der Waals surface area contributed by atoms with Crippen molar-refractivity contribution in [1.29, 1.82) is 0 Å². The molecule has 1 aromatic rings. The lowest BCUT2D eigenvalue weighted by Crippen LogP contribution is -1.71. The van der Waals surface area contributed by atoms with Gasteiger partial charge in [0, 0.05) is 0 Å². The first-order chi connectivity index (χ1) is 3.79. The fourth-order valence-electron chi connectivity index (χ4n) is 0.712. The van der Waals surface area contributed by atoms with E-state index in [-0.39, 0.29) is 12.4 Å². The van der Waals surface area contributed by atoms with Gasteiger partial charge in [-0.25, -0.2) is 0 Å². The number of hydrogen-bond donors (Lipinski definition) is 0. The second kappa shape index (κ2) is 3.52. The van der Waals surface area contributed by atoms with Crippen LogP contribution in [-0.4, -0.2) is 0 Å². The summed E-state index contributed by atoms with van der Waals surface area (Å²) in [5.74, 6) is 0. The molecular weight excluding hydrogens is 132 g/mol. The first kappa shape index (κ1) is 8.51. The van der Waals surface area contributed by atoms with Crippen LogP contribution in [0.3, 0.4) is 0 Å². The average Bonchev–Trinajstić information content (AvgIpc) is 1.64. The van der Waals surface area contributed by atoms with Gasteiger partial charge >= 0.3 is 0 Å². The van der Waals surface area contributed by atoms with Crippen LogP contribution in [0.5, 0.6) is 0 Å². The van der Waals surface area contributed by atoms with E-state index in [0.29, 0.717) is 0 Å². The van der Waals surface area contributed by atoms with Gasteiger partial charge in [0.05, 0.1) is 0 Å². The van der Waals surface area contributed by atoms with Crippen LogP contribution in [-0.2, 0) is 0 Å². The molecule has 1 radical (unpaired) electrons. The molecule has 0 saturated heterocycles. The van der Waals surface area contributed by atoms with E-state index in [9.17, 15) is 0 Å². The highest BCUT2D eigenvalue weighted by molar-refractivity contribution is 5.85. The SMILES string of the molecule is Cl.[CH2]c1cccc(C)c1. The Morgan fingerprint density at radius 2 is 2.00 bits per heavy atom. The number of halogens is 1. The molecule has 0 unspecified atom stereocenters. The summed E-state index contributed by atoms with van der Waals surface area (Å²) in [6.45, 7) is 5.85. The molecule has 0 fully saturated rings. The number of rotatable bonds is 0. The maximum absolute atomic E-state index is 3.78.